The van der Waals surface area contributed by atoms with Crippen molar-refractivity contribution in [3.8, 4) is 0 Å². The maximum atomic E-state index is 13.0. The van der Waals surface area contributed by atoms with Gasteiger partial charge in [-0.1, -0.05) is 24.3 Å². The van der Waals surface area contributed by atoms with Crippen molar-refractivity contribution in [2.45, 2.75) is 12.5 Å². The number of nitrogens with zero attached hydrogens (tertiary/aromatic N) is 2. The molecule has 3 nitrogen and oxygen atoms in total. The minimum atomic E-state index is -1.33. The highest BCUT2D eigenvalue weighted by Crippen LogP contribution is 2.32. The van der Waals surface area contributed by atoms with Crippen LogP contribution in [0.15, 0.2) is 54.9 Å². The molecule has 2 heterocycles. The Hall–Kier alpha value is -2.33. The second-order valence-electron chi connectivity index (χ2n) is 4.81. The van der Waals surface area contributed by atoms with Crippen LogP contribution in [-0.4, -0.2) is 15.1 Å². The third-order valence-corrected chi connectivity index (χ3v) is 3.38. The van der Waals surface area contributed by atoms with Crippen LogP contribution in [-0.2, 0) is 5.60 Å². The first-order chi connectivity index (χ1) is 9.59. The van der Waals surface area contributed by atoms with E-state index in [0.29, 0.717) is 16.8 Å². The molecule has 20 heavy (non-hydrogen) atoms. The van der Waals surface area contributed by atoms with Gasteiger partial charge in [-0.2, -0.15) is 0 Å². The Labute approximate surface area is 115 Å². The van der Waals surface area contributed by atoms with Crippen molar-refractivity contribution in [2.24, 2.45) is 0 Å². The van der Waals surface area contributed by atoms with Crippen molar-refractivity contribution in [3.05, 3.63) is 71.9 Å². The van der Waals surface area contributed by atoms with Crippen LogP contribution in [0.4, 0.5) is 4.39 Å². The van der Waals surface area contributed by atoms with E-state index < -0.39 is 11.4 Å². The molecule has 100 valence electrons. The molecular weight excluding hydrogens is 255 g/mol. The number of para-hydroxylation sites is 1. The number of aromatic nitrogens is 2. The van der Waals surface area contributed by atoms with Gasteiger partial charge in [0, 0.05) is 17.1 Å². The van der Waals surface area contributed by atoms with E-state index >= 15 is 0 Å². The number of pyridine rings is 2. The van der Waals surface area contributed by atoms with Crippen LogP contribution in [0, 0.1) is 5.82 Å². The summed E-state index contributed by atoms with van der Waals surface area (Å²) in [4.78, 5) is 8.31. The van der Waals surface area contributed by atoms with Crippen molar-refractivity contribution in [2.75, 3.05) is 0 Å². The van der Waals surface area contributed by atoms with Gasteiger partial charge in [-0.05, 0) is 25.1 Å². The third kappa shape index (κ3) is 2.04. The molecule has 1 N–H and O–H groups in total. The summed E-state index contributed by atoms with van der Waals surface area (Å²) in [6, 6.07) is 12.1. The molecule has 0 aliphatic rings. The van der Waals surface area contributed by atoms with Gasteiger partial charge in [-0.25, -0.2) is 4.39 Å². The molecule has 0 saturated carbocycles. The molecule has 3 aromatic rings. The summed E-state index contributed by atoms with van der Waals surface area (Å²) in [5.41, 5.74) is 0.416. The maximum absolute atomic E-state index is 13.0. The number of benzene rings is 1. The SMILES string of the molecule is CC(O)(c1ccc(F)cn1)c1cccc2cccnc12. The van der Waals surface area contributed by atoms with Gasteiger partial charge in [0.15, 0.2) is 0 Å². The van der Waals surface area contributed by atoms with Gasteiger partial charge < -0.3 is 5.11 Å². The molecule has 0 saturated heterocycles. The molecular formula is C16H13FN2O. The first kappa shape index (κ1) is 12.7. The molecule has 0 radical (unpaired) electrons. The van der Waals surface area contributed by atoms with Crippen molar-refractivity contribution in [1.82, 2.24) is 9.97 Å². The molecule has 0 bridgehead atoms. The van der Waals surface area contributed by atoms with E-state index in [1.807, 2.05) is 24.3 Å². The zero-order valence-electron chi connectivity index (χ0n) is 10.9. The van der Waals surface area contributed by atoms with E-state index in [1.165, 1.54) is 12.1 Å². The van der Waals surface area contributed by atoms with Crippen molar-refractivity contribution >= 4 is 10.9 Å². The van der Waals surface area contributed by atoms with Gasteiger partial charge in [-0.15, -0.1) is 0 Å². The Morgan fingerprint density at radius 1 is 1.05 bits per heavy atom. The Morgan fingerprint density at radius 3 is 2.60 bits per heavy atom. The Bertz CT molecular complexity index is 749. The minimum absolute atomic E-state index is 0.386. The lowest BCUT2D eigenvalue weighted by molar-refractivity contribution is 0.0986. The molecule has 1 aromatic carbocycles. The molecule has 0 aliphatic heterocycles. The van der Waals surface area contributed by atoms with E-state index in [2.05, 4.69) is 9.97 Å². The van der Waals surface area contributed by atoms with Crippen molar-refractivity contribution < 1.29 is 9.50 Å². The molecule has 0 fully saturated rings. The summed E-state index contributed by atoms with van der Waals surface area (Å²) in [5, 5.41) is 11.8. The number of aliphatic hydroxyl groups is 1. The van der Waals surface area contributed by atoms with Crippen molar-refractivity contribution in [3.63, 3.8) is 0 Å². The van der Waals surface area contributed by atoms with Gasteiger partial charge in [0.25, 0.3) is 0 Å². The van der Waals surface area contributed by atoms with Gasteiger partial charge in [0.2, 0.25) is 0 Å². The predicted molar refractivity (Wildman–Crippen MR) is 74.6 cm³/mol. The van der Waals surface area contributed by atoms with Crippen LogP contribution in [0.3, 0.4) is 0 Å². The second-order valence-corrected chi connectivity index (χ2v) is 4.81. The highest BCUT2D eigenvalue weighted by molar-refractivity contribution is 5.82. The Kier molecular flexibility index (Phi) is 2.95. The highest BCUT2D eigenvalue weighted by atomic mass is 19.1. The van der Waals surface area contributed by atoms with E-state index in [9.17, 15) is 9.50 Å². The summed E-state index contributed by atoms with van der Waals surface area (Å²) in [5.74, 6) is -0.430. The average molecular weight is 268 g/mol. The van der Waals surface area contributed by atoms with Gasteiger partial charge in [0.05, 0.1) is 17.4 Å². The summed E-state index contributed by atoms with van der Waals surface area (Å²) in [7, 11) is 0. The monoisotopic (exact) mass is 268 g/mol. The Balaban J connectivity index is 2.20. The normalized spacial score (nSPS) is 14.2. The highest BCUT2D eigenvalue weighted by Gasteiger charge is 2.29. The molecule has 4 heteroatoms. The first-order valence-electron chi connectivity index (χ1n) is 6.27. The lowest BCUT2D eigenvalue weighted by Gasteiger charge is -2.24. The fourth-order valence-corrected chi connectivity index (χ4v) is 2.30. The quantitative estimate of drug-likeness (QED) is 0.777. The maximum Gasteiger partial charge on any atom is 0.141 e. The van der Waals surface area contributed by atoms with Gasteiger partial charge in [0.1, 0.15) is 11.4 Å². The third-order valence-electron chi connectivity index (χ3n) is 3.38. The Morgan fingerprint density at radius 2 is 1.85 bits per heavy atom. The summed E-state index contributed by atoms with van der Waals surface area (Å²) in [6.45, 7) is 1.64. The fraction of sp³-hybridized carbons (Fsp3) is 0.125. The number of fused-ring (bicyclic) bond motifs is 1. The van der Waals surface area contributed by atoms with Crippen LogP contribution in [0.2, 0.25) is 0 Å². The zero-order chi connectivity index (χ0) is 14.2. The standard InChI is InChI=1S/C16H13FN2O/c1-16(20,14-8-7-12(17)10-19-14)13-6-2-4-11-5-3-9-18-15(11)13/h2-10,20H,1H3. The fourth-order valence-electron chi connectivity index (χ4n) is 2.30. The number of hydrogen-bond donors (Lipinski definition) is 1. The second kappa shape index (κ2) is 4.65. The van der Waals surface area contributed by atoms with Gasteiger partial charge >= 0.3 is 0 Å². The molecule has 0 spiro atoms. The first-order valence-corrected chi connectivity index (χ1v) is 6.27. The van der Waals surface area contributed by atoms with Gasteiger partial charge in [-0.3, -0.25) is 9.97 Å². The molecule has 1 atom stereocenters. The van der Waals surface area contributed by atoms with Crippen LogP contribution in [0.25, 0.3) is 10.9 Å². The van der Waals surface area contributed by atoms with E-state index in [-0.39, 0.29) is 0 Å². The van der Waals surface area contributed by atoms with Crippen LogP contribution >= 0.6 is 0 Å². The minimum Gasteiger partial charge on any atom is -0.379 e. The van der Waals surface area contributed by atoms with Crippen LogP contribution < -0.4 is 0 Å². The lowest BCUT2D eigenvalue weighted by atomic mass is 9.90. The van der Waals surface area contributed by atoms with E-state index in [1.54, 1.807) is 19.2 Å². The van der Waals surface area contributed by atoms with E-state index in [0.717, 1.165) is 11.6 Å². The number of hydrogen-bond acceptors (Lipinski definition) is 3. The zero-order valence-corrected chi connectivity index (χ0v) is 10.9. The summed E-state index contributed by atoms with van der Waals surface area (Å²) < 4.78 is 13.0. The van der Waals surface area contributed by atoms with E-state index in [4.69, 9.17) is 0 Å². The average Bonchev–Trinajstić information content (AvgIpc) is 2.47. The largest absolute Gasteiger partial charge is 0.379 e. The molecule has 3 rings (SSSR count). The number of halogens is 1. The molecule has 1 unspecified atom stereocenters. The molecule has 0 amide bonds. The van der Waals surface area contributed by atoms with Crippen LogP contribution in [0.1, 0.15) is 18.2 Å². The molecule has 2 aromatic heterocycles. The summed E-state index contributed by atoms with van der Waals surface area (Å²) in [6.07, 6.45) is 2.78. The predicted octanol–water partition coefficient (Wildman–Crippen LogP) is 3.02. The lowest BCUT2D eigenvalue weighted by Crippen LogP contribution is -2.24. The van der Waals surface area contributed by atoms with Crippen LogP contribution in [0.5, 0.6) is 0 Å². The summed E-state index contributed by atoms with van der Waals surface area (Å²) >= 11 is 0. The van der Waals surface area contributed by atoms with Crippen molar-refractivity contribution in [1.29, 1.82) is 0 Å². The molecule has 0 aliphatic carbocycles. The smallest absolute Gasteiger partial charge is 0.141 e. The number of rotatable bonds is 2. The topological polar surface area (TPSA) is 46.0 Å².